The molecule has 2 bridgehead atoms. The molecule has 110 valence electrons. The molecule has 1 saturated heterocycles. The van der Waals surface area contributed by atoms with Crippen LogP contribution >= 0.6 is 23.2 Å². The van der Waals surface area contributed by atoms with Crippen molar-refractivity contribution in [2.45, 2.75) is 18.9 Å². The van der Waals surface area contributed by atoms with Gasteiger partial charge in [-0.3, -0.25) is 9.59 Å². The molecule has 3 aliphatic rings. The molecule has 5 atom stereocenters. The number of benzene rings is 1. The summed E-state index contributed by atoms with van der Waals surface area (Å²) in [5, 5.41) is 3.75. The fraction of sp³-hybridized carbons (Fsp3) is 0.467. The first-order valence-electron chi connectivity index (χ1n) is 7.01. The zero-order valence-electron chi connectivity index (χ0n) is 11.0. The standard InChI is InChI=1S/C15H13Cl2NO3/c16-7-1-2-9(17)10(5-7)18-14(19)12-6-3-8-11(4-6)21-15(20)13(8)12/h1-2,5-6,8,11-13H,3-4H2,(H,18,19)/t6-,8+,11+,12-,13+/m1/s1. The molecule has 0 spiro atoms. The van der Waals surface area contributed by atoms with E-state index >= 15 is 0 Å². The van der Waals surface area contributed by atoms with Crippen molar-refractivity contribution < 1.29 is 14.3 Å². The zero-order valence-corrected chi connectivity index (χ0v) is 12.5. The summed E-state index contributed by atoms with van der Waals surface area (Å²) in [7, 11) is 0. The van der Waals surface area contributed by atoms with E-state index in [0.717, 1.165) is 12.8 Å². The number of nitrogens with one attached hydrogen (secondary N) is 1. The largest absolute Gasteiger partial charge is 0.462 e. The summed E-state index contributed by atoms with van der Waals surface area (Å²) in [6.45, 7) is 0. The first kappa shape index (κ1) is 13.4. The highest BCUT2D eigenvalue weighted by molar-refractivity contribution is 6.35. The summed E-state index contributed by atoms with van der Waals surface area (Å²) in [6, 6.07) is 4.92. The number of rotatable bonds is 2. The van der Waals surface area contributed by atoms with E-state index in [9.17, 15) is 9.59 Å². The highest BCUT2D eigenvalue weighted by Gasteiger charge is 2.63. The lowest BCUT2D eigenvalue weighted by atomic mass is 9.79. The number of carbonyl (C=O) groups is 2. The van der Waals surface area contributed by atoms with Crippen molar-refractivity contribution >= 4 is 40.8 Å². The quantitative estimate of drug-likeness (QED) is 0.850. The molecule has 2 saturated carbocycles. The Morgan fingerprint density at radius 2 is 2.10 bits per heavy atom. The topological polar surface area (TPSA) is 55.4 Å². The van der Waals surface area contributed by atoms with E-state index in [-0.39, 0.29) is 41.7 Å². The van der Waals surface area contributed by atoms with Gasteiger partial charge >= 0.3 is 5.97 Å². The van der Waals surface area contributed by atoms with E-state index in [1.54, 1.807) is 18.2 Å². The van der Waals surface area contributed by atoms with E-state index in [1.807, 2.05) is 0 Å². The van der Waals surface area contributed by atoms with Crippen molar-refractivity contribution in [3.63, 3.8) is 0 Å². The molecule has 1 aliphatic heterocycles. The maximum absolute atomic E-state index is 12.6. The van der Waals surface area contributed by atoms with Crippen LogP contribution < -0.4 is 5.32 Å². The number of anilines is 1. The molecule has 4 nitrogen and oxygen atoms in total. The second-order valence-corrected chi connectivity index (χ2v) is 6.88. The second-order valence-electron chi connectivity index (χ2n) is 6.04. The van der Waals surface area contributed by atoms with Crippen molar-refractivity contribution in [1.29, 1.82) is 0 Å². The van der Waals surface area contributed by atoms with Gasteiger partial charge in [-0.15, -0.1) is 0 Å². The van der Waals surface area contributed by atoms with Gasteiger partial charge in [-0.2, -0.15) is 0 Å². The van der Waals surface area contributed by atoms with Crippen molar-refractivity contribution in [3.8, 4) is 0 Å². The lowest BCUT2D eigenvalue weighted by molar-refractivity contribution is -0.145. The fourth-order valence-electron chi connectivity index (χ4n) is 4.17. The van der Waals surface area contributed by atoms with Crippen molar-refractivity contribution in [2.24, 2.45) is 23.7 Å². The summed E-state index contributed by atoms with van der Waals surface area (Å²) in [6.07, 6.45) is 1.74. The van der Waals surface area contributed by atoms with Crippen molar-refractivity contribution in [2.75, 3.05) is 5.32 Å². The number of halogens is 2. The van der Waals surface area contributed by atoms with E-state index in [2.05, 4.69) is 5.32 Å². The monoisotopic (exact) mass is 325 g/mol. The molecule has 0 aromatic heterocycles. The summed E-state index contributed by atoms with van der Waals surface area (Å²) < 4.78 is 5.35. The molecule has 4 rings (SSSR count). The Balaban J connectivity index is 1.58. The Hall–Kier alpha value is -1.26. The molecule has 2 aliphatic carbocycles. The van der Waals surface area contributed by atoms with Crippen LogP contribution in [0.3, 0.4) is 0 Å². The molecule has 1 heterocycles. The Morgan fingerprint density at radius 3 is 2.90 bits per heavy atom. The van der Waals surface area contributed by atoms with E-state index < -0.39 is 0 Å². The van der Waals surface area contributed by atoms with Gasteiger partial charge in [-0.1, -0.05) is 23.2 Å². The Kier molecular flexibility index (Phi) is 2.95. The van der Waals surface area contributed by atoms with Gasteiger partial charge < -0.3 is 10.1 Å². The summed E-state index contributed by atoms with van der Waals surface area (Å²) in [4.78, 5) is 24.5. The predicted molar refractivity (Wildman–Crippen MR) is 78.2 cm³/mol. The SMILES string of the molecule is O=C(Nc1cc(Cl)ccc1Cl)[C@@H]1[C@@H]2C[C@@H]3[C@@H]1C(=O)O[C@H]3C2. The molecule has 1 aromatic carbocycles. The fourth-order valence-corrected chi connectivity index (χ4v) is 4.51. The third kappa shape index (κ3) is 1.96. The summed E-state index contributed by atoms with van der Waals surface area (Å²) in [5.74, 6) is -0.526. The van der Waals surface area contributed by atoms with Gasteiger partial charge in [0.25, 0.3) is 0 Å². The highest BCUT2D eigenvalue weighted by Crippen LogP contribution is 2.57. The number of esters is 1. The van der Waals surface area contributed by atoms with Gasteiger partial charge in [0.05, 0.1) is 22.5 Å². The molecular formula is C15H13Cl2NO3. The van der Waals surface area contributed by atoms with Crippen molar-refractivity contribution in [1.82, 2.24) is 0 Å². The molecule has 1 N–H and O–H groups in total. The average Bonchev–Trinajstić information content (AvgIpc) is 3.03. The molecule has 21 heavy (non-hydrogen) atoms. The van der Waals surface area contributed by atoms with E-state index in [1.165, 1.54) is 0 Å². The maximum atomic E-state index is 12.6. The second kappa shape index (κ2) is 4.62. The minimum absolute atomic E-state index is 0.0336. The van der Waals surface area contributed by atoms with Gasteiger partial charge in [0.15, 0.2) is 0 Å². The number of ether oxygens (including phenoxy) is 1. The van der Waals surface area contributed by atoms with Gasteiger partial charge in [-0.25, -0.2) is 0 Å². The van der Waals surface area contributed by atoms with E-state index in [4.69, 9.17) is 27.9 Å². The number of fused-ring (bicyclic) bond motifs is 1. The molecule has 6 heteroatoms. The normalized spacial score (nSPS) is 35.9. The van der Waals surface area contributed by atoms with Crippen LogP contribution in [-0.2, 0) is 14.3 Å². The molecule has 0 unspecified atom stereocenters. The van der Waals surface area contributed by atoms with Gasteiger partial charge in [0.2, 0.25) is 5.91 Å². The first-order chi connectivity index (χ1) is 10.0. The lowest BCUT2D eigenvalue weighted by Crippen LogP contribution is -2.35. The van der Waals surface area contributed by atoms with Crippen LogP contribution in [0.4, 0.5) is 5.69 Å². The minimum Gasteiger partial charge on any atom is -0.462 e. The van der Waals surface area contributed by atoms with Crippen LogP contribution in [0.15, 0.2) is 18.2 Å². The predicted octanol–water partition coefficient (Wildman–Crippen LogP) is 3.13. The van der Waals surface area contributed by atoms with Crippen molar-refractivity contribution in [3.05, 3.63) is 28.2 Å². The maximum Gasteiger partial charge on any atom is 0.310 e. The Bertz CT molecular complexity index is 646. The Morgan fingerprint density at radius 1 is 1.29 bits per heavy atom. The molecule has 1 amide bonds. The average molecular weight is 326 g/mol. The van der Waals surface area contributed by atoms with E-state index in [0.29, 0.717) is 15.7 Å². The minimum atomic E-state index is -0.309. The van der Waals surface area contributed by atoms with Crippen LogP contribution in [0.2, 0.25) is 10.0 Å². The third-order valence-corrected chi connectivity index (χ3v) is 5.54. The third-order valence-electron chi connectivity index (χ3n) is 4.97. The summed E-state index contributed by atoms with van der Waals surface area (Å²) in [5.41, 5.74) is 0.486. The smallest absolute Gasteiger partial charge is 0.310 e. The van der Waals surface area contributed by atoms with Crippen LogP contribution in [-0.4, -0.2) is 18.0 Å². The highest BCUT2D eigenvalue weighted by atomic mass is 35.5. The molecule has 3 fully saturated rings. The number of hydrogen-bond acceptors (Lipinski definition) is 3. The van der Waals surface area contributed by atoms with Crippen LogP contribution in [0.25, 0.3) is 0 Å². The van der Waals surface area contributed by atoms with Gasteiger partial charge in [0, 0.05) is 10.9 Å². The molecule has 0 radical (unpaired) electrons. The molecular weight excluding hydrogens is 313 g/mol. The number of hydrogen-bond donors (Lipinski definition) is 1. The summed E-state index contributed by atoms with van der Waals surface area (Å²) >= 11 is 12.0. The van der Waals surface area contributed by atoms with Gasteiger partial charge in [0.1, 0.15) is 6.10 Å². The first-order valence-corrected chi connectivity index (χ1v) is 7.76. The lowest BCUT2D eigenvalue weighted by Gasteiger charge is -2.23. The van der Waals surface area contributed by atoms with Crippen LogP contribution in [0.1, 0.15) is 12.8 Å². The Labute approximate surface area is 131 Å². The zero-order chi connectivity index (χ0) is 14.7. The number of amides is 1. The van der Waals surface area contributed by atoms with Gasteiger partial charge in [-0.05, 0) is 37.0 Å². The van der Waals surface area contributed by atoms with Crippen LogP contribution in [0.5, 0.6) is 0 Å². The number of carbonyl (C=O) groups excluding carboxylic acids is 2. The molecule has 1 aromatic rings. The van der Waals surface area contributed by atoms with Crippen LogP contribution in [0, 0.1) is 23.7 Å².